The molecule has 0 amide bonds. The van der Waals surface area contributed by atoms with E-state index in [4.69, 9.17) is 5.11 Å². The summed E-state index contributed by atoms with van der Waals surface area (Å²) in [6, 6.07) is 29.3. The number of hydrogen-bond acceptors (Lipinski definition) is 1. The van der Waals surface area contributed by atoms with E-state index in [9.17, 15) is 0 Å². The fraction of sp³-hybridized carbons (Fsp3) is 0.143. The Morgan fingerprint density at radius 3 is 1.23 bits per heavy atom. The number of aliphatic hydroxyl groups excluding tert-OH is 1. The van der Waals surface area contributed by atoms with E-state index in [1.165, 1.54) is 22.3 Å². The molecule has 3 aromatic rings. The highest BCUT2D eigenvalue weighted by molar-refractivity contribution is 5.63. The SMILES string of the molecule is CO.Cc1ccc(-c2ccccc2)cc1.Cc1ccccc1. The first-order valence-corrected chi connectivity index (χ1v) is 7.34. The van der Waals surface area contributed by atoms with Gasteiger partial charge in [-0.1, -0.05) is 96.1 Å². The molecule has 0 bridgehead atoms. The molecule has 3 aromatic carbocycles. The molecule has 0 aliphatic heterocycles. The second-order valence-electron chi connectivity index (χ2n) is 4.89. The highest BCUT2D eigenvalue weighted by atomic mass is 16.2. The lowest BCUT2D eigenvalue weighted by Gasteiger charge is -2.00. The maximum atomic E-state index is 7.00. The number of hydrogen-bond donors (Lipinski definition) is 1. The van der Waals surface area contributed by atoms with E-state index in [2.05, 4.69) is 74.5 Å². The van der Waals surface area contributed by atoms with Crippen LogP contribution < -0.4 is 0 Å². The highest BCUT2D eigenvalue weighted by Crippen LogP contribution is 2.18. The largest absolute Gasteiger partial charge is 0.400 e. The minimum Gasteiger partial charge on any atom is -0.400 e. The van der Waals surface area contributed by atoms with Gasteiger partial charge in [-0.15, -0.1) is 0 Å². The topological polar surface area (TPSA) is 20.2 Å². The quantitative estimate of drug-likeness (QED) is 0.648. The average molecular weight is 292 g/mol. The summed E-state index contributed by atoms with van der Waals surface area (Å²) in [5.41, 5.74) is 5.19. The van der Waals surface area contributed by atoms with Crippen LogP contribution in [0.5, 0.6) is 0 Å². The van der Waals surface area contributed by atoms with Crippen molar-refractivity contribution in [3.05, 3.63) is 96.1 Å². The smallest absolute Gasteiger partial charge is 0.0319 e. The molecule has 0 radical (unpaired) electrons. The fourth-order valence-electron chi connectivity index (χ4n) is 1.91. The summed E-state index contributed by atoms with van der Waals surface area (Å²) in [4.78, 5) is 0. The monoisotopic (exact) mass is 292 g/mol. The van der Waals surface area contributed by atoms with E-state index < -0.39 is 0 Å². The maximum absolute atomic E-state index is 7.00. The molecule has 22 heavy (non-hydrogen) atoms. The van der Waals surface area contributed by atoms with E-state index in [0.29, 0.717) is 0 Å². The van der Waals surface area contributed by atoms with Gasteiger partial charge >= 0.3 is 0 Å². The molecule has 1 heteroatoms. The summed E-state index contributed by atoms with van der Waals surface area (Å²) in [7, 11) is 1.00. The zero-order valence-corrected chi connectivity index (χ0v) is 13.5. The van der Waals surface area contributed by atoms with E-state index in [1.807, 2.05) is 24.3 Å². The first kappa shape index (κ1) is 17.7. The van der Waals surface area contributed by atoms with Gasteiger partial charge in [0.25, 0.3) is 0 Å². The van der Waals surface area contributed by atoms with Crippen LogP contribution in [0.25, 0.3) is 11.1 Å². The molecule has 0 saturated heterocycles. The minimum absolute atomic E-state index is 1.00. The second kappa shape index (κ2) is 10.4. The van der Waals surface area contributed by atoms with Crippen molar-refractivity contribution in [2.75, 3.05) is 7.11 Å². The van der Waals surface area contributed by atoms with Crippen molar-refractivity contribution in [2.24, 2.45) is 0 Å². The van der Waals surface area contributed by atoms with Crippen molar-refractivity contribution in [1.29, 1.82) is 0 Å². The predicted molar refractivity (Wildman–Crippen MR) is 95.9 cm³/mol. The number of aliphatic hydroxyl groups is 1. The Morgan fingerprint density at radius 1 is 0.455 bits per heavy atom. The van der Waals surface area contributed by atoms with Crippen LogP contribution >= 0.6 is 0 Å². The molecule has 1 N–H and O–H groups in total. The van der Waals surface area contributed by atoms with Crippen molar-refractivity contribution in [3.8, 4) is 11.1 Å². The van der Waals surface area contributed by atoms with Crippen LogP contribution in [-0.4, -0.2) is 12.2 Å². The lowest BCUT2D eigenvalue weighted by Crippen LogP contribution is -1.76. The average Bonchev–Trinajstić information content (AvgIpc) is 2.59. The van der Waals surface area contributed by atoms with Gasteiger partial charge < -0.3 is 5.11 Å². The molecule has 0 aliphatic rings. The Kier molecular flexibility index (Phi) is 8.32. The van der Waals surface area contributed by atoms with Gasteiger partial charge in [-0.25, -0.2) is 0 Å². The summed E-state index contributed by atoms with van der Waals surface area (Å²) in [6.45, 7) is 4.19. The Bertz CT molecular complexity index is 613. The van der Waals surface area contributed by atoms with Crippen molar-refractivity contribution in [1.82, 2.24) is 0 Å². The van der Waals surface area contributed by atoms with Gasteiger partial charge in [-0.05, 0) is 25.0 Å². The Labute approximate surface area is 133 Å². The number of benzene rings is 3. The molecule has 0 aliphatic carbocycles. The normalized spacial score (nSPS) is 8.91. The van der Waals surface area contributed by atoms with Crippen molar-refractivity contribution in [3.63, 3.8) is 0 Å². The molecule has 0 unspecified atom stereocenters. The van der Waals surface area contributed by atoms with Crippen LogP contribution in [-0.2, 0) is 0 Å². The molecule has 0 spiro atoms. The molecule has 0 atom stereocenters. The van der Waals surface area contributed by atoms with Crippen LogP contribution in [0.3, 0.4) is 0 Å². The molecule has 1 nitrogen and oxygen atoms in total. The zero-order valence-electron chi connectivity index (χ0n) is 13.5. The van der Waals surface area contributed by atoms with Gasteiger partial charge in [0.15, 0.2) is 0 Å². The summed E-state index contributed by atoms with van der Waals surface area (Å²) in [5.74, 6) is 0. The Hall–Kier alpha value is -2.38. The first-order valence-electron chi connectivity index (χ1n) is 7.34. The van der Waals surface area contributed by atoms with Crippen LogP contribution in [0, 0.1) is 13.8 Å². The molecular formula is C21H24O. The highest BCUT2D eigenvalue weighted by Gasteiger charge is 1.93. The van der Waals surface area contributed by atoms with Gasteiger partial charge in [-0.2, -0.15) is 0 Å². The molecule has 114 valence electrons. The van der Waals surface area contributed by atoms with E-state index in [1.54, 1.807) is 0 Å². The number of aryl methyl sites for hydroxylation is 2. The lowest BCUT2D eigenvalue weighted by atomic mass is 10.0. The lowest BCUT2D eigenvalue weighted by molar-refractivity contribution is 0.399. The second-order valence-corrected chi connectivity index (χ2v) is 4.89. The van der Waals surface area contributed by atoms with Gasteiger partial charge in [0.2, 0.25) is 0 Å². The standard InChI is InChI=1S/C13H12.C7H8.CH4O/c1-11-7-9-13(10-8-11)12-5-3-2-4-6-12;1-7-5-3-2-4-6-7;1-2/h2-10H,1H3;2-6H,1H3;2H,1H3. The van der Waals surface area contributed by atoms with E-state index in [-0.39, 0.29) is 0 Å². The summed E-state index contributed by atoms with van der Waals surface area (Å²) in [6.07, 6.45) is 0. The fourth-order valence-corrected chi connectivity index (χ4v) is 1.91. The molecule has 0 fully saturated rings. The summed E-state index contributed by atoms with van der Waals surface area (Å²) in [5, 5.41) is 7.00. The van der Waals surface area contributed by atoms with Gasteiger partial charge in [0.1, 0.15) is 0 Å². The van der Waals surface area contributed by atoms with Crippen LogP contribution in [0.15, 0.2) is 84.9 Å². The molecular weight excluding hydrogens is 268 g/mol. The third kappa shape index (κ3) is 6.38. The van der Waals surface area contributed by atoms with Crippen LogP contribution in [0.2, 0.25) is 0 Å². The van der Waals surface area contributed by atoms with Crippen molar-refractivity contribution < 1.29 is 5.11 Å². The predicted octanol–water partition coefficient (Wildman–Crippen LogP) is 5.27. The number of rotatable bonds is 1. The van der Waals surface area contributed by atoms with Gasteiger partial charge in [-0.3, -0.25) is 0 Å². The van der Waals surface area contributed by atoms with Crippen molar-refractivity contribution in [2.45, 2.75) is 13.8 Å². The Morgan fingerprint density at radius 2 is 0.818 bits per heavy atom. The molecule has 0 heterocycles. The third-order valence-corrected chi connectivity index (χ3v) is 3.10. The van der Waals surface area contributed by atoms with Crippen molar-refractivity contribution >= 4 is 0 Å². The molecule has 0 saturated carbocycles. The summed E-state index contributed by atoms with van der Waals surface area (Å²) < 4.78 is 0. The van der Waals surface area contributed by atoms with Gasteiger partial charge in [0.05, 0.1) is 0 Å². The van der Waals surface area contributed by atoms with Gasteiger partial charge in [0, 0.05) is 7.11 Å². The van der Waals surface area contributed by atoms with Crippen LogP contribution in [0.4, 0.5) is 0 Å². The maximum Gasteiger partial charge on any atom is 0.0319 e. The first-order chi connectivity index (χ1) is 10.8. The summed E-state index contributed by atoms with van der Waals surface area (Å²) >= 11 is 0. The zero-order chi connectivity index (χ0) is 16.2. The minimum atomic E-state index is 1.00. The van der Waals surface area contributed by atoms with Crippen LogP contribution in [0.1, 0.15) is 11.1 Å². The van der Waals surface area contributed by atoms with E-state index >= 15 is 0 Å². The molecule has 0 aromatic heterocycles. The Balaban J connectivity index is 0.000000228. The third-order valence-electron chi connectivity index (χ3n) is 3.10. The molecule has 3 rings (SSSR count). The van der Waals surface area contributed by atoms with E-state index in [0.717, 1.165) is 7.11 Å².